The van der Waals surface area contributed by atoms with Gasteiger partial charge in [-0.1, -0.05) is 110 Å². The predicted molar refractivity (Wildman–Crippen MR) is 122 cm³/mol. The van der Waals surface area contributed by atoms with E-state index < -0.39 is 10.1 Å². The van der Waals surface area contributed by atoms with E-state index in [1.807, 2.05) is 0 Å². The molecule has 0 bridgehead atoms. The van der Waals surface area contributed by atoms with Gasteiger partial charge in [-0.2, -0.15) is 8.42 Å². The van der Waals surface area contributed by atoms with Crippen molar-refractivity contribution in [2.75, 3.05) is 12.3 Å². The van der Waals surface area contributed by atoms with Crippen LogP contribution in [0.4, 0.5) is 0 Å². The molecule has 3 N–H and O–H groups in total. The van der Waals surface area contributed by atoms with Gasteiger partial charge >= 0.3 is 29.6 Å². The van der Waals surface area contributed by atoms with E-state index >= 15 is 0 Å². The van der Waals surface area contributed by atoms with Gasteiger partial charge in [0.2, 0.25) is 0 Å². The van der Waals surface area contributed by atoms with Crippen molar-refractivity contribution in [3.8, 4) is 0 Å². The molecule has 162 valence electrons. The molecule has 0 spiro atoms. The van der Waals surface area contributed by atoms with Crippen LogP contribution >= 0.6 is 0 Å². The fourth-order valence-electron chi connectivity index (χ4n) is 2.95. The SMILES string of the molecule is CCCCCCCCCCCCCCCCCCN.CCCS(=O)(=O)O.[NaH]. The normalized spacial score (nSPS) is 10.8. The summed E-state index contributed by atoms with van der Waals surface area (Å²) >= 11 is 0. The first-order valence-electron chi connectivity index (χ1n) is 11.1. The summed E-state index contributed by atoms with van der Waals surface area (Å²) < 4.78 is 27.6. The molecule has 0 heterocycles. The van der Waals surface area contributed by atoms with Gasteiger partial charge in [0.05, 0.1) is 5.75 Å². The molecule has 0 amide bonds. The molecule has 0 radical (unpaired) electrons. The molecule has 0 aromatic carbocycles. The Kier molecular flexibility index (Phi) is 32.4. The Bertz CT molecular complexity index is 335. The van der Waals surface area contributed by atoms with E-state index in [1.165, 1.54) is 103 Å². The number of nitrogens with two attached hydrogens (primary N) is 1. The van der Waals surface area contributed by atoms with Crippen molar-refractivity contribution in [3.05, 3.63) is 0 Å². The maximum atomic E-state index is 9.79. The Balaban J connectivity index is -0.000000612. The summed E-state index contributed by atoms with van der Waals surface area (Å²) in [6, 6.07) is 0. The molecule has 0 saturated carbocycles. The van der Waals surface area contributed by atoms with Crippen molar-refractivity contribution in [1.82, 2.24) is 0 Å². The van der Waals surface area contributed by atoms with Crippen LogP contribution in [0.3, 0.4) is 0 Å². The van der Waals surface area contributed by atoms with Gasteiger partial charge in [0.1, 0.15) is 0 Å². The van der Waals surface area contributed by atoms with Crippen LogP contribution in [0.5, 0.6) is 0 Å². The molecule has 0 aliphatic rings. The van der Waals surface area contributed by atoms with Gasteiger partial charge in [-0.05, 0) is 19.4 Å². The number of rotatable bonds is 18. The van der Waals surface area contributed by atoms with Gasteiger partial charge in [0, 0.05) is 0 Å². The average Bonchev–Trinajstić information content (AvgIpc) is 2.58. The minimum absolute atomic E-state index is 0. The molecule has 0 rings (SSSR count). The predicted octanol–water partition coefficient (Wildman–Crippen LogP) is 5.84. The molecule has 0 saturated heterocycles. The summed E-state index contributed by atoms with van der Waals surface area (Å²) in [5, 5.41) is 0. The Morgan fingerprint density at radius 2 is 0.889 bits per heavy atom. The van der Waals surface area contributed by atoms with E-state index in [0.29, 0.717) is 6.42 Å². The molecule has 27 heavy (non-hydrogen) atoms. The molecule has 6 heteroatoms. The van der Waals surface area contributed by atoms with Crippen molar-refractivity contribution in [3.63, 3.8) is 0 Å². The van der Waals surface area contributed by atoms with E-state index in [-0.39, 0.29) is 35.3 Å². The molecular weight excluding hydrogens is 369 g/mol. The summed E-state index contributed by atoms with van der Waals surface area (Å²) in [7, 11) is -3.67. The van der Waals surface area contributed by atoms with Gasteiger partial charge in [0.25, 0.3) is 10.1 Å². The zero-order chi connectivity index (χ0) is 19.9. The Morgan fingerprint density at radius 1 is 0.593 bits per heavy atom. The van der Waals surface area contributed by atoms with Crippen LogP contribution in [0.15, 0.2) is 0 Å². The van der Waals surface area contributed by atoms with Gasteiger partial charge < -0.3 is 5.73 Å². The van der Waals surface area contributed by atoms with Gasteiger partial charge in [-0.25, -0.2) is 0 Å². The fraction of sp³-hybridized carbons (Fsp3) is 1.00. The molecule has 0 unspecified atom stereocenters. The average molecular weight is 418 g/mol. The summed E-state index contributed by atoms with van der Waals surface area (Å²) in [4.78, 5) is 0. The second kappa shape index (κ2) is 26.9. The maximum absolute atomic E-state index is 9.79. The van der Waals surface area contributed by atoms with Crippen LogP contribution in [0.2, 0.25) is 0 Å². The molecule has 0 aromatic rings. The zero-order valence-corrected chi connectivity index (χ0v) is 18.5. The molecular formula is C21H48NNaO3S. The van der Waals surface area contributed by atoms with Crippen LogP contribution in [0.1, 0.15) is 123 Å². The van der Waals surface area contributed by atoms with Crippen molar-refractivity contribution in [2.24, 2.45) is 5.73 Å². The van der Waals surface area contributed by atoms with E-state index in [2.05, 4.69) is 6.92 Å². The Morgan fingerprint density at radius 3 is 1.07 bits per heavy atom. The Hall–Kier alpha value is 0.870. The first-order chi connectivity index (χ1) is 12.5. The van der Waals surface area contributed by atoms with E-state index in [0.717, 1.165) is 6.54 Å². The monoisotopic (exact) mass is 417 g/mol. The summed E-state index contributed by atoms with van der Waals surface area (Å²) in [6.45, 7) is 4.85. The second-order valence-corrected chi connectivity index (χ2v) is 8.95. The molecule has 0 fully saturated rings. The zero-order valence-electron chi connectivity index (χ0n) is 17.7. The van der Waals surface area contributed by atoms with Gasteiger partial charge in [0.15, 0.2) is 0 Å². The van der Waals surface area contributed by atoms with Crippen molar-refractivity contribution in [2.45, 2.75) is 123 Å². The molecule has 4 nitrogen and oxygen atoms in total. The van der Waals surface area contributed by atoms with Crippen LogP contribution < -0.4 is 5.73 Å². The quantitative estimate of drug-likeness (QED) is 0.167. The summed E-state index contributed by atoms with van der Waals surface area (Å²) in [5.41, 5.74) is 5.48. The molecule has 0 aliphatic heterocycles. The third-order valence-corrected chi connectivity index (χ3v) is 5.44. The van der Waals surface area contributed by atoms with Crippen molar-refractivity contribution in [1.29, 1.82) is 0 Å². The molecule has 0 aromatic heterocycles. The van der Waals surface area contributed by atoms with E-state index in [9.17, 15) is 8.42 Å². The number of hydrogen-bond donors (Lipinski definition) is 2. The first-order valence-corrected chi connectivity index (χ1v) is 12.7. The molecule has 0 aliphatic carbocycles. The summed E-state index contributed by atoms with van der Waals surface area (Å²) in [5.74, 6) is -0.132. The molecule has 0 atom stereocenters. The van der Waals surface area contributed by atoms with Crippen LogP contribution in [-0.4, -0.2) is 54.8 Å². The van der Waals surface area contributed by atoms with Crippen LogP contribution in [-0.2, 0) is 10.1 Å². The topological polar surface area (TPSA) is 80.4 Å². The van der Waals surface area contributed by atoms with Crippen LogP contribution in [0.25, 0.3) is 0 Å². The van der Waals surface area contributed by atoms with Gasteiger partial charge in [-0.15, -0.1) is 0 Å². The second-order valence-electron chi connectivity index (χ2n) is 7.38. The van der Waals surface area contributed by atoms with Crippen molar-refractivity contribution >= 4 is 39.7 Å². The van der Waals surface area contributed by atoms with Crippen LogP contribution in [0, 0.1) is 0 Å². The number of unbranched alkanes of at least 4 members (excludes halogenated alkanes) is 15. The number of hydrogen-bond acceptors (Lipinski definition) is 3. The Labute approximate surface area is 192 Å². The standard InChI is InChI=1S/C18H39N.C3H8O3S.Na.H/c1-2-3-4-5-6-7-8-9-10-11-12-13-14-15-16-17-18-19;1-2-3-7(4,5)6;;/h2-19H2,1H3;2-3H2,1H3,(H,4,5,6);;. The van der Waals surface area contributed by atoms with Gasteiger partial charge in [-0.3, -0.25) is 4.55 Å². The minimum atomic E-state index is -3.67. The first kappa shape index (κ1) is 32.5. The third-order valence-electron chi connectivity index (χ3n) is 4.52. The van der Waals surface area contributed by atoms with Crippen molar-refractivity contribution < 1.29 is 13.0 Å². The third kappa shape index (κ3) is 38.2. The fourth-order valence-corrected chi connectivity index (χ4v) is 3.47. The van der Waals surface area contributed by atoms with E-state index in [4.69, 9.17) is 10.3 Å². The summed E-state index contributed by atoms with van der Waals surface area (Å²) in [6.07, 6.45) is 23.3. The van der Waals surface area contributed by atoms with E-state index in [1.54, 1.807) is 6.92 Å².